The highest BCUT2D eigenvalue weighted by atomic mass is 16.5. The lowest BCUT2D eigenvalue weighted by Gasteiger charge is -2.41. The van der Waals surface area contributed by atoms with Gasteiger partial charge in [0.2, 0.25) is 0 Å². The molecule has 5 heteroatoms. The van der Waals surface area contributed by atoms with Crippen molar-refractivity contribution in [3.63, 3.8) is 0 Å². The number of nitrogens with zero attached hydrogens (tertiary/aromatic N) is 4. The third-order valence-corrected chi connectivity index (χ3v) is 4.84. The lowest BCUT2D eigenvalue weighted by molar-refractivity contribution is 0.0818. The molecule has 2 aromatic carbocycles. The predicted octanol–water partition coefficient (Wildman–Crippen LogP) is 3.28. The molecule has 0 spiro atoms. The number of methoxy groups -OCH3 is 1. The zero-order valence-electron chi connectivity index (χ0n) is 14.4. The third-order valence-electron chi connectivity index (χ3n) is 4.84. The number of rotatable bonds is 6. The maximum atomic E-state index is 5.51. The van der Waals surface area contributed by atoms with Gasteiger partial charge in [-0.2, -0.15) is 5.10 Å². The Balaban J connectivity index is 1.51. The smallest absolute Gasteiger partial charge is 0.137 e. The minimum atomic E-state index is 0.530. The van der Waals surface area contributed by atoms with E-state index in [2.05, 4.69) is 63.5 Å². The van der Waals surface area contributed by atoms with Crippen molar-refractivity contribution in [2.75, 3.05) is 13.7 Å². The summed E-state index contributed by atoms with van der Waals surface area (Å²) in [6, 6.07) is 17.7. The highest BCUT2D eigenvalue weighted by Gasteiger charge is 2.29. The summed E-state index contributed by atoms with van der Waals surface area (Å²) in [5.41, 5.74) is 3.84. The van der Waals surface area contributed by atoms with Gasteiger partial charge in [0.15, 0.2) is 0 Å². The van der Waals surface area contributed by atoms with Crippen LogP contribution in [0.4, 0.5) is 0 Å². The average molecular weight is 334 g/mol. The standard InChI is InChI=1S/C20H22N4O/c1-25-20-8-7-16(11-18(20)13-24-15-21-14-22-24)12-23-10-9-19(23)17-5-3-2-4-6-17/h2-8,11,14-15,19H,9-10,12-13H2,1H3/t19-/m0/s1. The third kappa shape index (κ3) is 3.42. The Kier molecular flexibility index (Phi) is 4.48. The van der Waals surface area contributed by atoms with Crippen molar-refractivity contribution in [1.29, 1.82) is 0 Å². The van der Waals surface area contributed by atoms with Gasteiger partial charge in [0.25, 0.3) is 0 Å². The molecule has 3 aromatic rings. The Labute approximate surface area is 147 Å². The van der Waals surface area contributed by atoms with Crippen molar-refractivity contribution in [2.45, 2.75) is 25.6 Å². The molecule has 1 saturated heterocycles. The lowest BCUT2D eigenvalue weighted by Crippen LogP contribution is -2.40. The number of likely N-dealkylation sites (tertiary alicyclic amines) is 1. The quantitative estimate of drug-likeness (QED) is 0.694. The van der Waals surface area contributed by atoms with E-state index in [9.17, 15) is 0 Å². The van der Waals surface area contributed by atoms with Crippen molar-refractivity contribution in [2.24, 2.45) is 0 Å². The first kappa shape index (κ1) is 15.8. The molecule has 0 bridgehead atoms. The first-order valence-electron chi connectivity index (χ1n) is 8.60. The summed E-state index contributed by atoms with van der Waals surface area (Å²) < 4.78 is 7.33. The second kappa shape index (κ2) is 7.07. The van der Waals surface area contributed by atoms with Gasteiger partial charge < -0.3 is 4.74 Å². The van der Waals surface area contributed by atoms with Gasteiger partial charge in [0.05, 0.1) is 13.7 Å². The zero-order chi connectivity index (χ0) is 17.1. The Bertz CT molecular complexity index is 817. The molecule has 4 rings (SSSR count). The van der Waals surface area contributed by atoms with Crippen molar-refractivity contribution in [1.82, 2.24) is 19.7 Å². The fraction of sp³-hybridized carbons (Fsp3) is 0.300. The van der Waals surface area contributed by atoms with Gasteiger partial charge in [0.1, 0.15) is 18.4 Å². The van der Waals surface area contributed by atoms with Crippen LogP contribution in [0, 0.1) is 0 Å². The SMILES string of the molecule is COc1ccc(CN2CC[C@H]2c2ccccc2)cc1Cn1cncn1. The molecule has 0 saturated carbocycles. The molecule has 0 amide bonds. The largest absolute Gasteiger partial charge is 0.496 e. The zero-order valence-corrected chi connectivity index (χ0v) is 14.4. The van der Waals surface area contributed by atoms with Crippen molar-refractivity contribution in [3.8, 4) is 5.75 Å². The number of hydrogen-bond donors (Lipinski definition) is 0. The van der Waals surface area contributed by atoms with E-state index in [0.29, 0.717) is 12.6 Å². The van der Waals surface area contributed by atoms with Gasteiger partial charge in [-0.15, -0.1) is 0 Å². The molecule has 128 valence electrons. The van der Waals surface area contributed by atoms with E-state index in [0.717, 1.165) is 24.4 Å². The second-order valence-electron chi connectivity index (χ2n) is 6.42. The number of aromatic nitrogens is 3. The monoisotopic (exact) mass is 334 g/mol. The van der Waals surface area contributed by atoms with E-state index in [1.54, 1.807) is 19.8 Å². The van der Waals surface area contributed by atoms with Crippen molar-refractivity contribution < 1.29 is 4.74 Å². The van der Waals surface area contributed by atoms with E-state index < -0.39 is 0 Å². The van der Waals surface area contributed by atoms with Crippen LogP contribution in [0.15, 0.2) is 61.2 Å². The fourth-order valence-corrected chi connectivity index (χ4v) is 3.46. The molecule has 0 N–H and O–H groups in total. The van der Waals surface area contributed by atoms with Gasteiger partial charge >= 0.3 is 0 Å². The number of ether oxygens (including phenoxy) is 1. The van der Waals surface area contributed by atoms with Crippen LogP contribution in [0.25, 0.3) is 0 Å². The topological polar surface area (TPSA) is 43.2 Å². The van der Waals surface area contributed by atoms with Crippen LogP contribution in [0.1, 0.15) is 29.2 Å². The fourth-order valence-electron chi connectivity index (χ4n) is 3.46. The van der Waals surface area contributed by atoms with Gasteiger partial charge in [-0.3, -0.25) is 4.90 Å². The second-order valence-corrected chi connectivity index (χ2v) is 6.42. The van der Waals surface area contributed by atoms with E-state index in [1.807, 2.05) is 4.68 Å². The molecule has 0 unspecified atom stereocenters. The molecule has 0 radical (unpaired) electrons. The Morgan fingerprint density at radius 3 is 2.68 bits per heavy atom. The summed E-state index contributed by atoms with van der Waals surface area (Å²) >= 11 is 0. The summed E-state index contributed by atoms with van der Waals surface area (Å²) in [5.74, 6) is 0.891. The van der Waals surface area contributed by atoms with Crippen LogP contribution in [-0.2, 0) is 13.1 Å². The normalized spacial score (nSPS) is 17.2. The van der Waals surface area contributed by atoms with E-state index >= 15 is 0 Å². The maximum absolute atomic E-state index is 5.51. The molecule has 0 aliphatic carbocycles. The summed E-state index contributed by atoms with van der Waals surface area (Å²) in [5, 5.41) is 4.20. The summed E-state index contributed by atoms with van der Waals surface area (Å²) in [6.45, 7) is 2.76. The Hall–Kier alpha value is -2.66. The first-order valence-corrected chi connectivity index (χ1v) is 8.60. The molecular formula is C20H22N4O. The van der Waals surface area contributed by atoms with Gasteiger partial charge in [-0.1, -0.05) is 36.4 Å². The molecule has 1 aromatic heterocycles. The highest BCUT2D eigenvalue weighted by molar-refractivity contribution is 5.37. The Morgan fingerprint density at radius 1 is 1.12 bits per heavy atom. The van der Waals surface area contributed by atoms with E-state index in [4.69, 9.17) is 4.74 Å². The molecule has 1 atom stereocenters. The molecule has 25 heavy (non-hydrogen) atoms. The summed E-state index contributed by atoms with van der Waals surface area (Å²) in [4.78, 5) is 6.54. The molecule has 5 nitrogen and oxygen atoms in total. The minimum absolute atomic E-state index is 0.530. The predicted molar refractivity (Wildman–Crippen MR) is 96.3 cm³/mol. The highest BCUT2D eigenvalue weighted by Crippen LogP contribution is 2.34. The van der Waals surface area contributed by atoms with Crippen molar-refractivity contribution >= 4 is 0 Å². The van der Waals surface area contributed by atoms with Crippen LogP contribution in [0.2, 0.25) is 0 Å². The number of hydrogen-bond acceptors (Lipinski definition) is 4. The van der Waals surface area contributed by atoms with E-state index in [1.165, 1.54) is 17.5 Å². The van der Waals surface area contributed by atoms with Gasteiger partial charge in [0, 0.05) is 24.7 Å². The summed E-state index contributed by atoms with van der Waals surface area (Å²) in [6.07, 6.45) is 4.51. The molecule has 2 heterocycles. The average Bonchev–Trinajstić information content (AvgIpc) is 3.13. The van der Waals surface area contributed by atoms with Crippen LogP contribution in [0.5, 0.6) is 5.75 Å². The molecular weight excluding hydrogens is 312 g/mol. The lowest BCUT2D eigenvalue weighted by atomic mass is 9.94. The summed E-state index contributed by atoms with van der Waals surface area (Å²) in [7, 11) is 1.71. The molecule has 1 aliphatic rings. The van der Waals surface area contributed by atoms with Crippen LogP contribution >= 0.6 is 0 Å². The Morgan fingerprint density at radius 2 is 2.00 bits per heavy atom. The number of benzene rings is 2. The molecule has 1 fully saturated rings. The maximum Gasteiger partial charge on any atom is 0.137 e. The van der Waals surface area contributed by atoms with Crippen LogP contribution in [0.3, 0.4) is 0 Å². The first-order chi connectivity index (χ1) is 12.3. The van der Waals surface area contributed by atoms with Gasteiger partial charge in [-0.25, -0.2) is 9.67 Å². The van der Waals surface area contributed by atoms with Gasteiger partial charge in [-0.05, 0) is 29.7 Å². The van der Waals surface area contributed by atoms with Crippen LogP contribution < -0.4 is 4.74 Å². The molecule has 1 aliphatic heterocycles. The van der Waals surface area contributed by atoms with E-state index in [-0.39, 0.29) is 0 Å². The van der Waals surface area contributed by atoms with Crippen molar-refractivity contribution in [3.05, 3.63) is 77.9 Å². The van der Waals surface area contributed by atoms with Crippen LogP contribution in [-0.4, -0.2) is 33.3 Å². The minimum Gasteiger partial charge on any atom is -0.496 e.